The average Bonchev–Trinajstić information content (AvgIpc) is 2.16. The molecule has 0 aliphatic rings. The average molecular weight is 178 g/mol. The van der Waals surface area contributed by atoms with Crippen LogP contribution in [0.25, 0.3) is 6.08 Å². The van der Waals surface area contributed by atoms with Gasteiger partial charge in [-0.25, -0.2) is 4.79 Å². The van der Waals surface area contributed by atoms with Crippen molar-refractivity contribution in [2.75, 3.05) is 7.11 Å². The molecule has 0 spiro atoms. The second-order valence-corrected chi connectivity index (χ2v) is 2.47. The van der Waals surface area contributed by atoms with Gasteiger partial charge in [-0.15, -0.1) is 0 Å². The number of carbonyl (C=O) groups is 1. The van der Waals surface area contributed by atoms with Crippen molar-refractivity contribution in [3.63, 3.8) is 0 Å². The number of aromatic carboxylic acids is 1. The molecule has 68 valence electrons. The van der Waals surface area contributed by atoms with E-state index >= 15 is 0 Å². The van der Waals surface area contributed by atoms with Gasteiger partial charge in [0, 0.05) is 0 Å². The van der Waals surface area contributed by atoms with Crippen LogP contribution in [0.1, 0.15) is 15.9 Å². The molecule has 0 bridgehead atoms. The lowest BCUT2D eigenvalue weighted by atomic mass is 10.1. The summed E-state index contributed by atoms with van der Waals surface area (Å²) in [7, 11) is 1.44. The lowest BCUT2D eigenvalue weighted by Crippen LogP contribution is -2.00. The predicted molar refractivity (Wildman–Crippen MR) is 50.0 cm³/mol. The largest absolute Gasteiger partial charge is 0.496 e. The minimum atomic E-state index is -0.999. The Balaban J connectivity index is 3.25. The second-order valence-electron chi connectivity index (χ2n) is 2.47. The van der Waals surface area contributed by atoms with E-state index in [9.17, 15) is 4.79 Å². The molecule has 1 rings (SSSR count). The van der Waals surface area contributed by atoms with Gasteiger partial charge in [0.1, 0.15) is 11.3 Å². The quantitative estimate of drug-likeness (QED) is 0.770. The molecule has 0 heterocycles. The summed E-state index contributed by atoms with van der Waals surface area (Å²) in [6, 6.07) is 4.88. The number of rotatable bonds is 3. The van der Waals surface area contributed by atoms with Gasteiger partial charge in [0.15, 0.2) is 0 Å². The number of hydrogen-bond donors (Lipinski definition) is 1. The monoisotopic (exact) mass is 178 g/mol. The van der Waals surface area contributed by atoms with Crippen LogP contribution in [-0.4, -0.2) is 18.2 Å². The maximum atomic E-state index is 10.7. The van der Waals surface area contributed by atoms with E-state index in [0.29, 0.717) is 5.75 Å². The first kappa shape index (κ1) is 9.32. The Morgan fingerprint density at radius 1 is 1.62 bits per heavy atom. The third-order valence-electron chi connectivity index (χ3n) is 1.69. The highest BCUT2D eigenvalue weighted by Crippen LogP contribution is 2.20. The van der Waals surface area contributed by atoms with Crippen LogP contribution in [0.3, 0.4) is 0 Å². The Hall–Kier alpha value is -1.77. The van der Waals surface area contributed by atoms with Crippen molar-refractivity contribution in [1.82, 2.24) is 0 Å². The number of carboxylic acid groups (broad SMARTS) is 1. The summed E-state index contributed by atoms with van der Waals surface area (Å²) in [4.78, 5) is 10.7. The number of hydrogen-bond acceptors (Lipinski definition) is 2. The first-order valence-electron chi connectivity index (χ1n) is 3.73. The summed E-state index contributed by atoms with van der Waals surface area (Å²) in [5.41, 5.74) is 0.915. The van der Waals surface area contributed by atoms with Crippen LogP contribution in [0.5, 0.6) is 5.75 Å². The highest BCUT2D eigenvalue weighted by molar-refractivity contribution is 5.91. The molecule has 3 heteroatoms. The summed E-state index contributed by atoms with van der Waals surface area (Å²) in [5.74, 6) is -0.640. The van der Waals surface area contributed by atoms with Crippen molar-refractivity contribution in [1.29, 1.82) is 0 Å². The van der Waals surface area contributed by atoms with Gasteiger partial charge < -0.3 is 9.84 Å². The van der Waals surface area contributed by atoms with E-state index in [2.05, 4.69) is 6.58 Å². The molecular weight excluding hydrogens is 168 g/mol. The lowest BCUT2D eigenvalue weighted by molar-refractivity contribution is 0.0693. The fourth-order valence-corrected chi connectivity index (χ4v) is 1.02. The topological polar surface area (TPSA) is 46.5 Å². The Morgan fingerprint density at radius 2 is 2.31 bits per heavy atom. The summed E-state index contributed by atoms with van der Waals surface area (Å²) >= 11 is 0. The summed E-state index contributed by atoms with van der Waals surface area (Å²) in [5, 5.41) is 8.80. The zero-order chi connectivity index (χ0) is 9.84. The fourth-order valence-electron chi connectivity index (χ4n) is 1.02. The maximum Gasteiger partial charge on any atom is 0.339 e. The van der Waals surface area contributed by atoms with Gasteiger partial charge in [-0.05, 0) is 17.7 Å². The number of ether oxygens (including phenoxy) is 1. The van der Waals surface area contributed by atoms with Crippen LogP contribution >= 0.6 is 0 Å². The van der Waals surface area contributed by atoms with E-state index in [1.165, 1.54) is 13.2 Å². The van der Waals surface area contributed by atoms with Gasteiger partial charge in [0.05, 0.1) is 7.11 Å². The molecule has 0 aromatic heterocycles. The van der Waals surface area contributed by atoms with E-state index in [1.54, 1.807) is 18.2 Å². The van der Waals surface area contributed by atoms with Crippen molar-refractivity contribution in [2.45, 2.75) is 0 Å². The molecule has 3 nitrogen and oxygen atoms in total. The molecule has 0 amide bonds. The van der Waals surface area contributed by atoms with Crippen LogP contribution in [0, 0.1) is 0 Å². The summed E-state index contributed by atoms with van der Waals surface area (Å²) < 4.78 is 4.89. The Bertz CT molecular complexity index is 342. The molecule has 0 fully saturated rings. The first-order valence-corrected chi connectivity index (χ1v) is 3.73. The maximum absolute atomic E-state index is 10.7. The standard InChI is InChI=1S/C10H10O3/c1-3-7-4-5-9(13-2)8(6-7)10(11)12/h3-6H,1H2,2H3,(H,11,12). The van der Waals surface area contributed by atoms with Crippen molar-refractivity contribution in [3.8, 4) is 5.75 Å². The highest BCUT2D eigenvalue weighted by Gasteiger charge is 2.09. The molecule has 1 aromatic carbocycles. The van der Waals surface area contributed by atoms with Gasteiger partial charge >= 0.3 is 5.97 Å². The van der Waals surface area contributed by atoms with E-state index in [4.69, 9.17) is 9.84 Å². The van der Waals surface area contributed by atoms with Crippen LogP contribution in [0.4, 0.5) is 0 Å². The third-order valence-corrected chi connectivity index (χ3v) is 1.69. The molecule has 1 N–H and O–H groups in total. The Kier molecular flexibility index (Phi) is 2.69. The summed E-state index contributed by atoms with van der Waals surface area (Å²) in [6.07, 6.45) is 1.59. The molecular formula is C10H10O3. The third kappa shape index (κ3) is 1.87. The van der Waals surface area contributed by atoms with E-state index in [1.807, 2.05) is 0 Å². The first-order chi connectivity index (χ1) is 6.19. The molecule has 0 saturated carbocycles. The fraction of sp³-hybridized carbons (Fsp3) is 0.100. The van der Waals surface area contributed by atoms with E-state index in [0.717, 1.165) is 5.56 Å². The van der Waals surface area contributed by atoms with Gasteiger partial charge in [0.2, 0.25) is 0 Å². The molecule has 0 radical (unpaired) electrons. The molecule has 0 atom stereocenters. The van der Waals surface area contributed by atoms with Crippen LogP contribution in [0.2, 0.25) is 0 Å². The smallest absolute Gasteiger partial charge is 0.339 e. The zero-order valence-corrected chi connectivity index (χ0v) is 7.28. The van der Waals surface area contributed by atoms with Crippen molar-refractivity contribution < 1.29 is 14.6 Å². The number of benzene rings is 1. The predicted octanol–water partition coefficient (Wildman–Crippen LogP) is 2.04. The second kappa shape index (κ2) is 3.76. The highest BCUT2D eigenvalue weighted by atomic mass is 16.5. The summed E-state index contributed by atoms with van der Waals surface area (Å²) in [6.45, 7) is 3.55. The Morgan fingerprint density at radius 3 is 2.77 bits per heavy atom. The molecule has 0 aliphatic heterocycles. The normalized spacial score (nSPS) is 9.31. The van der Waals surface area contributed by atoms with Crippen molar-refractivity contribution >= 4 is 12.0 Å². The molecule has 0 aliphatic carbocycles. The number of carboxylic acids is 1. The van der Waals surface area contributed by atoms with Gasteiger partial charge in [-0.3, -0.25) is 0 Å². The van der Waals surface area contributed by atoms with Crippen LogP contribution in [0.15, 0.2) is 24.8 Å². The van der Waals surface area contributed by atoms with Crippen LogP contribution < -0.4 is 4.74 Å². The lowest BCUT2D eigenvalue weighted by Gasteiger charge is -2.04. The van der Waals surface area contributed by atoms with Gasteiger partial charge in [0.25, 0.3) is 0 Å². The van der Waals surface area contributed by atoms with Crippen LogP contribution in [-0.2, 0) is 0 Å². The molecule has 0 unspecified atom stereocenters. The minimum absolute atomic E-state index is 0.153. The number of methoxy groups -OCH3 is 1. The Labute approximate surface area is 76.3 Å². The van der Waals surface area contributed by atoms with E-state index in [-0.39, 0.29) is 5.56 Å². The molecule has 13 heavy (non-hydrogen) atoms. The van der Waals surface area contributed by atoms with Gasteiger partial charge in [-0.2, -0.15) is 0 Å². The zero-order valence-electron chi connectivity index (χ0n) is 7.28. The SMILES string of the molecule is C=Cc1ccc(OC)c(C(=O)O)c1. The van der Waals surface area contributed by atoms with Crippen molar-refractivity contribution in [3.05, 3.63) is 35.9 Å². The molecule has 0 saturated heterocycles. The molecule has 1 aromatic rings. The van der Waals surface area contributed by atoms with E-state index < -0.39 is 5.97 Å². The van der Waals surface area contributed by atoms with Crippen molar-refractivity contribution in [2.24, 2.45) is 0 Å². The van der Waals surface area contributed by atoms with Gasteiger partial charge in [-0.1, -0.05) is 18.7 Å². The minimum Gasteiger partial charge on any atom is -0.496 e.